The number of para-hydroxylation sites is 1. The van der Waals surface area contributed by atoms with Gasteiger partial charge < -0.3 is 13.6 Å². The molecule has 3 nitrogen and oxygen atoms in total. The van der Waals surface area contributed by atoms with E-state index in [-0.39, 0.29) is 5.41 Å². The fraction of sp³-hybridized carbons (Fsp3) is 0.571. The quantitative estimate of drug-likeness (QED) is 0.703. The molecule has 0 aliphatic heterocycles. The van der Waals surface area contributed by atoms with Crippen molar-refractivity contribution >= 4 is 8.60 Å². The van der Waals surface area contributed by atoms with Crippen molar-refractivity contribution in [3.05, 3.63) is 29.8 Å². The van der Waals surface area contributed by atoms with Gasteiger partial charge >= 0.3 is 8.60 Å². The van der Waals surface area contributed by atoms with Crippen LogP contribution in [0.25, 0.3) is 0 Å². The van der Waals surface area contributed by atoms with Gasteiger partial charge in [0.25, 0.3) is 0 Å². The van der Waals surface area contributed by atoms with Crippen LogP contribution in [-0.4, -0.2) is 13.2 Å². The molecule has 0 heterocycles. The Morgan fingerprint density at radius 1 is 1.00 bits per heavy atom. The predicted molar refractivity (Wildman–Crippen MR) is 75.9 cm³/mol. The first kappa shape index (κ1) is 15.4. The number of benzene rings is 1. The van der Waals surface area contributed by atoms with Crippen LogP contribution in [0.5, 0.6) is 5.75 Å². The van der Waals surface area contributed by atoms with E-state index < -0.39 is 8.60 Å². The molecule has 0 fully saturated rings. The third-order valence-electron chi connectivity index (χ3n) is 2.34. The second kappa shape index (κ2) is 7.08. The van der Waals surface area contributed by atoms with Gasteiger partial charge in [-0.1, -0.05) is 39.0 Å². The van der Waals surface area contributed by atoms with Crippen molar-refractivity contribution in [1.29, 1.82) is 0 Å². The molecule has 0 N–H and O–H groups in total. The predicted octanol–water partition coefficient (Wildman–Crippen LogP) is 4.66. The van der Waals surface area contributed by atoms with E-state index in [1.165, 1.54) is 0 Å². The van der Waals surface area contributed by atoms with Crippen LogP contribution in [-0.2, 0) is 14.5 Å². The Bertz CT molecular complexity index is 354. The summed E-state index contributed by atoms with van der Waals surface area (Å²) in [7, 11) is -1.30. The zero-order valence-electron chi connectivity index (χ0n) is 11.9. The zero-order chi connectivity index (χ0) is 13.6. The Morgan fingerprint density at radius 3 is 2.06 bits per heavy atom. The van der Waals surface area contributed by atoms with Crippen molar-refractivity contribution in [3.63, 3.8) is 0 Å². The lowest BCUT2D eigenvalue weighted by Gasteiger charge is -2.24. The van der Waals surface area contributed by atoms with Crippen molar-refractivity contribution in [3.8, 4) is 5.75 Å². The van der Waals surface area contributed by atoms with E-state index in [0.717, 1.165) is 11.3 Å². The Balaban J connectivity index is 2.88. The first-order chi connectivity index (χ1) is 8.49. The average Bonchev–Trinajstić information content (AvgIpc) is 2.29. The van der Waals surface area contributed by atoms with Gasteiger partial charge in [0.1, 0.15) is 5.75 Å². The Kier molecular flexibility index (Phi) is 6.07. The van der Waals surface area contributed by atoms with Crippen molar-refractivity contribution in [2.75, 3.05) is 13.2 Å². The summed E-state index contributed by atoms with van der Waals surface area (Å²) in [4.78, 5) is 0. The maximum atomic E-state index is 5.87. The normalized spacial score (nSPS) is 11.9. The maximum absolute atomic E-state index is 5.87. The summed E-state index contributed by atoms with van der Waals surface area (Å²) in [5.41, 5.74) is 1.20. The molecule has 0 saturated carbocycles. The van der Waals surface area contributed by atoms with Crippen molar-refractivity contribution in [2.24, 2.45) is 0 Å². The van der Waals surface area contributed by atoms with E-state index in [1.807, 2.05) is 32.0 Å². The van der Waals surface area contributed by atoms with Gasteiger partial charge in [0.05, 0.1) is 13.2 Å². The van der Waals surface area contributed by atoms with Crippen LogP contribution in [0.1, 0.15) is 40.2 Å². The second-order valence-electron chi connectivity index (χ2n) is 4.90. The lowest BCUT2D eigenvalue weighted by atomic mass is 9.86. The molecule has 0 saturated heterocycles. The first-order valence-electron chi connectivity index (χ1n) is 6.32. The first-order valence-corrected chi connectivity index (χ1v) is 7.42. The number of hydrogen-bond acceptors (Lipinski definition) is 3. The number of rotatable bonds is 6. The fourth-order valence-electron chi connectivity index (χ4n) is 1.55. The van der Waals surface area contributed by atoms with E-state index in [2.05, 4.69) is 26.8 Å². The summed E-state index contributed by atoms with van der Waals surface area (Å²) in [5, 5.41) is 0. The summed E-state index contributed by atoms with van der Waals surface area (Å²) >= 11 is 0. The minimum Gasteiger partial charge on any atom is -0.426 e. The molecular formula is C14H23O3P. The van der Waals surface area contributed by atoms with Gasteiger partial charge in [-0.3, -0.25) is 0 Å². The van der Waals surface area contributed by atoms with Crippen LogP contribution >= 0.6 is 8.60 Å². The Morgan fingerprint density at radius 2 is 1.56 bits per heavy atom. The Hall–Kier alpha value is -0.630. The third kappa shape index (κ3) is 4.56. The largest absolute Gasteiger partial charge is 0.426 e. The highest BCUT2D eigenvalue weighted by Gasteiger charge is 2.22. The fourth-order valence-corrected chi connectivity index (χ4v) is 2.47. The lowest BCUT2D eigenvalue weighted by molar-refractivity contribution is 0.220. The summed E-state index contributed by atoms with van der Waals surface area (Å²) in [6.07, 6.45) is 0. The molecule has 18 heavy (non-hydrogen) atoms. The standard InChI is InChI=1S/C14H23O3P/c1-6-15-18(16-7-2)17-13-11-9-8-10-12(13)14(3,4)5/h8-11H,6-7H2,1-5H3. The van der Waals surface area contributed by atoms with Crippen molar-refractivity contribution in [1.82, 2.24) is 0 Å². The van der Waals surface area contributed by atoms with Crippen LogP contribution in [0, 0.1) is 0 Å². The Labute approximate surface area is 111 Å². The van der Waals surface area contributed by atoms with E-state index in [4.69, 9.17) is 13.6 Å². The monoisotopic (exact) mass is 270 g/mol. The van der Waals surface area contributed by atoms with Crippen molar-refractivity contribution < 1.29 is 13.6 Å². The molecule has 0 radical (unpaired) electrons. The molecule has 0 amide bonds. The van der Waals surface area contributed by atoms with E-state index in [9.17, 15) is 0 Å². The minimum absolute atomic E-state index is 0.0377. The average molecular weight is 270 g/mol. The van der Waals surface area contributed by atoms with Gasteiger partial charge in [-0.05, 0) is 30.9 Å². The molecule has 0 aromatic heterocycles. The summed E-state index contributed by atoms with van der Waals surface area (Å²) in [6.45, 7) is 11.5. The SMILES string of the molecule is CCOP(OCC)Oc1ccccc1C(C)(C)C. The molecule has 0 unspecified atom stereocenters. The highest BCUT2D eigenvalue weighted by molar-refractivity contribution is 7.42. The molecule has 0 atom stereocenters. The second-order valence-corrected chi connectivity index (χ2v) is 6.04. The zero-order valence-corrected chi connectivity index (χ0v) is 12.8. The van der Waals surface area contributed by atoms with Crippen molar-refractivity contribution in [2.45, 2.75) is 40.0 Å². The lowest BCUT2D eigenvalue weighted by Crippen LogP contribution is -2.12. The van der Waals surface area contributed by atoms with Crippen LogP contribution in [0.2, 0.25) is 0 Å². The molecule has 1 aromatic carbocycles. The van der Waals surface area contributed by atoms with Gasteiger partial charge in [-0.2, -0.15) is 0 Å². The van der Waals surface area contributed by atoms with Crippen LogP contribution in [0.4, 0.5) is 0 Å². The van der Waals surface area contributed by atoms with Gasteiger partial charge in [0.2, 0.25) is 0 Å². The van der Waals surface area contributed by atoms with E-state index in [0.29, 0.717) is 13.2 Å². The molecule has 1 rings (SSSR count). The maximum Gasteiger partial charge on any atom is 0.397 e. The topological polar surface area (TPSA) is 27.7 Å². The number of hydrogen-bond donors (Lipinski definition) is 0. The summed E-state index contributed by atoms with van der Waals surface area (Å²) in [5.74, 6) is 0.845. The van der Waals surface area contributed by atoms with E-state index in [1.54, 1.807) is 0 Å². The van der Waals surface area contributed by atoms with Crippen LogP contribution in [0.3, 0.4) is 0 Å². The molecule has 4 heteroatoms. The summed E-state index contributed by atoms with van der Waals surface area (Å²) in [6, 6.07) is 8.04. The highest BCUT2D eigenvalue weighted by Crippen LogP contribution is 2.43. The highest BCUT2D eigenvalue weighted by atomic mass is 31.2. The molecular weight excluding hydrogens is 247 g/mol. The van der Waals surface area contributed by atoms with Gasteiger partial charge in [-0.25, -0.2) is 0 Å². The molecule has 0 spiro atoms. The third-order valence-corrected chi connectivity index (χ3v) is 3.62. The smallest absolute Gasteiger partial charge is 0.397 e. The van der Waals surface area contributed by atoms with Crippen LogP contribution < -0.4 is 4.52 Å². The van der Waals surface area contributed by atoms with Gasteiger partial charge in [0.15, 0.2) is 0 Å². The van der Waals surface area contributed by atoms with Gasteiger partial charge in [0, 0.05) is 0 Å². The van der Waals surface area contributed by atoms with Crippen LogP contribution in [0.15, 0.2) is 24.3 Å². The van der Waals surface area contributed by atoms with E-state index >= 15 is 0 Å². The molecule has 102 valence electrons. The summed E-state index contributed by atoms with van der Waals surface area (Å²) < 4.78 is 16.8. The molecule has 0 aliphatic rings. The van der Waals surface area contributed by atoms with Gasteiger partial charge in [-0.15, -0.1) is 0 Å². The molecule has 1 aromatic rings. The molecule has 0 aliphatic carbocycles. The molecule has 0 bridgehead atoms. The minimum atomic E-state index is -1.30.